The van der Waals surface area contributed by atoms with E-state index in [0.717, 1.165) is 53.9 Å². The van der Waals surface area contributed by atoms with E-state index in [1.54, 1.807) is 30.9 Å². The third-order valence-corrected chi connectivity index (χ3v) is 8.10. The number of amides is 2. The van der Waals surface area contributed by atoms with Crippen LogP contribution in [0.3, 0.4) is 0 Å². The van der Waals surface area contributed by atoms with E-state index in [1.165, 1.54) is 0 Å². The number of carbonyl (C=O) groups excluding carboxylic acids is 2. The van der Waals surface area contributed by atoms with Crippen molar-refractivity contribution in [1.29, 1.82) is 0 Å². The highest BCUT2D eigenvalue weighted by atomic mass is 32.2. The van der Waals surface area contributed by atoms with Gasteiger partial charge in [-0.15, -0.1) is 11.8 Å². The predicted octanol–water partition coefficient (Wildman–Crippen LogP) is 5.64. The molecule has 0 bridgehead atoms. The first-order valence-corrected chi connectivity index (χ1v) is 14.7. The van der Waals surface area contributed by atoms with Crippen molar-refractivity contribution in [2.24, 2.45) is 0 Å². The van der Waals surface area contributed by atoms with E-state index >= 15 is 0 Å². The summed E-state index contributed by atoms with van der Waals surface area (Å²) in [7, 11) is 3.28. The van der Waals surface area contributed by atoms with Gasteiger partial charge in [0, 0.05) is 24.8 Å². The van der Waals surface area contributed by atoms with Crippen LogP contribution < -0.4 is 14.8 Å². The molecule has 0 aromatic heterocycles. The molecular weight excluding hydrogens is 508 g/mol. The predicted molar refractivity (Wildman–Crippen MR) is 157 cm³/mol. The number of benzene rings is 3. The van der Waals surface area contributed by atoms with Gasteiger partial charge in [-0.2, -0.15) is 0 Å². The highest BCUT2D eigenvalue weighted by Gasteiger charge is 2.32. The topological polar surface area (TPSA) is 67.9 Å². The summed E-state index contributed by atoms with van der Waals surface area (Å²) in [5.41, 5.74) is 3.07. The van der Waals surface area contributed by atoms with E-state index in [9.17, 15) is 9.59 Å². The zero-order valence-corrected chi connectivity index (χ0v) is 23.6. The summed E-state index contributed by atoms with van der Waals surface area (Å²) in [5.74, 6) is 2.37. The number of methoxy groups -OCH3 is 2. The Kier molecular flexibility index (Phi) is 10.7. The average molecular weight is 547 g/mol. The Hall–Kier alpha value is -3.45. The molecular formula is C32H38N2O4S. The molecule has 4 rings (SSSR count). The molecule has 0 spiro atoms. The van der Waals surface area contributed by atoms with Crippen LogP contribution in [0, 0.1) is 0 Å². The maximum atomic E-state index is 13.8. The molecule has 3 aromatic rings. The molecule has 1 atom stereocenters. The van der Waals surface area contributed by atoms with Crippen LogP contribution in [0.2, 0.25) is 0 Å². The van der Waals surface area contributed by atoms with Gasteiger partial charge in [-0.05, 0) is 53.8 Å². The lowest BCUT2D eigenvalue weighted by Crippen LogP contribution is -2.52. The van der Waals surface area contributed by atoms with Gasteiger partial charge in [0.05, 0.1) is 20.0 Å². The molecule has 206 valence electrons. The van der Waals surface area contributed by atoms with Crippen LogP contribution in [0.4, 0.5) is 0 Å². The first-order valence-electron chi connectivity index (χ1n) is 13.5. The minimum absolute atomic E-state index is 0.0566. The van der Waals surface area contributed by atoms with Crippen LogP contribution in [0.25, 0.3) is 0 Å². The molecule has 39 heavy (non-hydrogen) atoms. The summed E-state index contributed by atoms with van der Waals surface area (Å²) in [6.45, 7) is 0.328. The van der Waals surface area contributed by atoms with Crippen LogP contribution in [0.1, 0.15) is 42.4 Å². The van der Waals surface area contributed by atoms with Gasteiger partial charge >= 0.3 is 0 Å². The molecule has 0 heterocycles. The van der Waals surface area contributed by atoms with E-state index < -0.39 is 6.04 Å². The molecule has 0 saturated heterocycles. The number of rotatable bonds is 13. The zero-order valence-electron chi connectivity index (χ0n) is 22.8. The Labute approximate surface area is 236 Å². The van der Waals surface area contributed by atoms with Crippen molar-refractivity contribution in [3.8, 4) is 11.5 Å². The third kappa shape index (κ3) is 8.52. The smallest absolute Gasteiger partial charge is 0.243 e. The molecule has 0 radical (unpaired) electrons. The number of nitrogens with zero attached hydrogens (tertiary/aromatic N) is 1. The molecule has 2 amide bonds. The second-order valence-electron chi connectivity index (χ2n) is 9.91. The zero-order chi connectivity index (χ0) is 27.5. The van der Waals surface area contributed by atoms with Crippen LogP contribution in [-0.2, 0) is 28.3 Å². The monoisotopic (exact) mass is 546 g/mol. The van der Waals surface area contributed by atoms with E-state index in [0.29, 0.717) is 18.7 Å². The molecule has 3 aromatic carbocycles. The number of ether oxygens (including phenoxy) is 2. The Bertz CT molecular complexity index is 1200. The Balaban J connectivity index is 1.56. The van der Waals surface area contributed by atoms with Crippen LogP contribution in [-0.4, -0.2) is 48.8 Å². The van der Waals surface area contributed by atoms with Crippen molar-refractivity contribution in [2.75, 3.05) is 20.0 Å². The molecule has 1 aliphatic rings. The van der Waals surface area contributed by atoms with Crippen molar-refractivity contribution in [3.63, 3.8) is 0 Å². The lowest BCUT2D eigenvalue weighted by molar-refractivity contribution is -0.139. The van der Waals surface area contributed by atoms with Crippen molar-refractivity contribution in [2.45, 2.75) is 56.5 Å². The van der Waals surface area contributed by atoms with Crippen LogP contribution in [0.15, 0.2) is 78.9 Å². The van der Waals surface area contributed by atoms with Gasteiger partial charge in [0.2, 0.25) is 11.8 Å². The minimum atomic E-state index is -0.617. The molecule has 1 N–H and O–H groups in total. The largest absolute Gasteiger partial charge is 0.497 e. The number of carbonyl (C=O) groups is 2. The minimum Gasteiger partial charge on any atom is -0.497 e. The van der Waals surface area contributed by atoms with Gasteiger partial charge in [-0.25, -0.2) is 0 Å². The van der Waals surface area contributed by atoms with Crippen molar-refractivity contribution >= 4 is 23.6 Å². The van der Waals surface area contributed by atoms with Gasteiger partial charge in [-0.1, -0.05) is 67.4 Å². The highest BCUT2D eigenvalue weighted by molar-refractivity contribution is 7.99. The summed E-state index contributed by atoms with van der Waals surface area (Å²) < 4.78 is 10.7. The van der Waals surface area contributed by atoms with Gasteiger partial charge < -0.3 is 19.7 Å². The number of thioether (sulfide) groups is 1. The van der Waals surface area contributed by atoms with Crippen LogP contribution >= 0.6 is 11.8 Å². The Morgan fingerprint density at radius 2 is 1.56 bits per heavy atom. The fourth-order valence-electron chi connectivity index (χ4n) is 4.95. The maximum absolute atomic E-state index is 13.8. The summed E-state index contributed by atoms with van der Waals surface area (Å²) >= 11 is 1.55. The van der Waals surface area contributed by atoms with Crippen LogP contribution in [0.5, 0.6) is 11.5 Å². The second kappa shape index (κ2) is 14.6. The van der Waals surface area contributed by atoms with E-state index in [1.807, 2.05) is 78.9 Å². The Morgan fingerprint density at radius 1 is 0.872 bits per heavy atom. The maximum Gasteiger partial charge on any atom is 0.243 e. The van der Waals surface area contributed by atoms with Gasteiger partial charge in [0.15, 0.2) is 0 Å². The van der Waals surface area contributed by atoms with E-state index in [2.05, 4.69) is 5.32 Å². The first kappa shape index (κ1) is 28.6. The number of nitrogens with one attached hydrogen (secondary N) is 1. The fourth-order valence-corrected chi connectivity index (χ4v) is 5.82. The van der Waals surface area contributed by atoms with Crippen molar-refractivity contribution in [1.82, 2.24) is 10.2 Å². The quantitative estimate of drug-likeness (QED) is 0.301. The number of hydrogen-bond donors (Lipinski definition) is 1. The average Bonchev–Trinajstić information content (AvgIpc) is 3.49. The van der Waals surface area contributed by atoms with Gasteiger partial charge in [-0.3, -0.25) is 9.59 Å². The lowest BCUT2D eigenvalue weighted by atomic mass is 10.0. The standard InChI is InChI=1S/C32H38N2O4S/c1-37-28-17-15-25(16-18-28)22-39-23-31(35)34(21-26-11-8-14-29(19-26)38-2)30(20-24-9-4-3-5-10-24)32(36)33-27-12-6-7-13-27/h3-5,8-11,14-19,27,30H,6-7,12-13,20-23H2,1-2H3,(H,33,36)/t30-/m1/s1. The van der Waals surface area contributed by atoms with E-state index in [-0.39, 0.29) is 23.6 Å². The lowest BCUT2D eigenvalue weighted by Gasteiger charge is -2.32. The van der Waals surface area contributed by atoms with Gasteiger partial charge in [0.1, 0.15) is 17.5 Å². The normalized spacial score (nSPS) is 14.0. The molecule has 0 aliphatic heterocycles. The molecule has 6 nitrogen and oxygen atoms in total. The van der Waals surface area contributed by atoms with Gasteiger partial charge in [0.25, 0.3) is 0 Å². The highest BCUT2D eigenvalue weighted by Crippen LogP contribution is 2.23. The SMILES string of the molecule is COc1ccc(CSCC(=O)N(Cc2cccc(OC)c2)[C@H](Cc2ccccc2)C(=O)NC2CCCC2)cc1. The fraction of sp³-hybridized carbons (Fsp3) is 0.375. The first-order chi connectivity index (χ1) is 19.1. The second-order valence-corrected chi connectivity index (χ2v) is 10.9. The molecule has 7 heteroatoms. The summed E-state index contributed by atoms with van der Waals surface area (Å²) in [4.78, 5) is 29.4. The molecule has 1 fully saturated rings. The third-order valence-electron chi connectivity index (χ3n) is 7.11. The number of hydrogen-bond acceptors (Lipinski definition) is 5. The summed E-state index contributed by atoms with van der Waals surface area (Å²) in [6, 6.07) is 25.1. The van der Waals surface area contributed by atoms with E-state index in [4.69, 9.17) is 9.47 Å². The Morgan fingerprint density at radius 3 is 2.26 bits per heavy atom. The van der Waals surface area contributed by atoms with Crippen molar-refractivity contribution in [3.05, 3.63) is 95.6 Å². The summed E-state index contributed by atoms with van der Waals surface area (Å²) in [5, 5.41) is 3.26. The van der Waals surface area contributed by atoms with Crippen molar-refractivity contribution < 1.29 is 19.1 Å². The molecule has 0 unspecified atom stereocenters. The molecule has 1 saturated carbocycles. The summed E-state index contributed by atoms with van der Waals surface area (Å²) in [6.07, 6.45) is 4.69. The molecule has 1 aliphatic carbocycles.